The van der Waals surface area contributed by atoms with Crippen LogP contribution in [0.2, 0.25) is 0 Å². The number of para-hydroxylation sites is 1. The Labute approximate surface area is 125 Å². The minimum atomic E-state index is -0.380. The van der Waals surface area contributed by atoms with E-state index in [4.69, 9.17) is 9.47 Å². The van der Waals surface area contributed by atoms with Crippen molar-refractivity contribution in [3.8, 4) is 0 Å². The van der Waals surface area contributed by atoms with Gasteiger partial charge in [0.25, 0.3) is 5.69 Å². The zero-order valence-corrected chi connectivity index (χ0v) is 12.8. The molecule has 0 saturated carbocycles. The zero-order valence-electron chi connectivity index (χ0n) is 12.8. The van der Waals surface area contributed by atoms with E-state index >= 15 is 0 Å². The van der Waals surface area contributed by atoms with Gasteiger partial charge in [0.1, 0.15) is 5.69 Å². The van der Waals surface area contributed by atoms with Crippen molar-refractivity contribution in [1.29, 1.82) is 0 Å². The monoisotopic (exact) mass is 296 g/mol. The van der Waals surface area contributed by atoms with E-state index in [9.17, 15) is 10.1 Å². The topological polar surface area (TPSA) is 73.6 Å². The standard InChI is InChI=1S/C15H24N2O4/c1-3-5-9-20-10-11-21-12-13-7-6-8-14(17(18)19)15(13)16-4-2/h6-8,16H,3-5,9-12H2,1-2H3. The molecule has 0 aliphatic rings. The maximum atomic E-state index is 11.0. The molecule has 1 N–H and O–H groups in total. The van der Waals surface area contributed by atoms with E-state index in [-0.39, 0.29) is 10.6 Å². The third-order valence-electron chi connectivity index (χ3n) is 2.95. The highest BCUT2D eigenvalue weighted by atomic mass is 16.6. The summed E-state index contributed by atoms with van der Waals surface area (Å²) >= 11 is 0. The van der Waals surface area contributed by atoms with Crippen molar-refractivity contribution in [2.75, 3.05) is 31.7 Å². The van der Waals surface area contributed by atoms with Crippen LogP contribution in [-0.4, -0.2) is 31.3 Å². The number of unbranched alkanes of at least 4 members (excludes halogenated alkanes) is 1. The number of ether oxygens (including phenoxy) is 2. The summed E-state index contributed by atoms with van der Waals surface area (Å²) in [6, 6.07) is 5.01. The lowest BCUT2D eigenvalue weighted by Crippen LogP contribution is -2.08. The number of hydrogen-bond acceptors (Lipinski definition) is 5. The normalized spacial score (nSPS) is 10.6. The molecule has 0 atom stereocenters. The van der Waals surface area contributed by atoms with Gasteiger partial charge in [-0.1, -0.05) is 25.5 Å². The molecule has 0 bridgehead atoms. The molecule has 0 radical (unpaired) electrons. The number of nitro groups is 1. The molecule has 0 heterocycles. The summed E-state index contributed by atoms with van der Waals surface area (Å²) in [5.74, 6) is 0. The highest BCUT2D eigenvalue weighted by Crippen LogP contribution is 2.28. The number of nitrogens with one attached hydrogen (secondary N) is 1. The number of nitrogens with zero attached hydrogens (tertiary/aromatic N) is 1. The lowest BCUT2D eigenvalue weighted by Gasteiger charge is -2.11. The Balaban J connectivity index is 2.50. The average molecular weight is 296 g/mol. The second-order valence-electron chi connectivity index (χ2n) is 4.62. The van der Waals surface area contributed by atoms with Gasteiger partial charge in [0.15, 0.2) is 0 Å². The number of anilines is 1. The van der Waals surface area contributed by atoms with Gasteiger partial charge in [-0.15, -0.1) is 0 Å². The van der Waals surface area contributed by atoms with Crippen LogP contribution in [0.25, 0.3) is 0 Å². The maximum absolute atomic E-state index is 11.0. The smallest absolute Gasteiger partial charge is 0.292 e. The Kier molecular flexibility index (Phi) is 8.38. The molecule has 118 valence electrons. The van der Waals surface area contributed by atoms with Crippen LogP contribution in [0.5, 0.6) is 0 Å². The number of rotatable bonds is 11. The second kappa shape index (κ2) is 10.1. The molecule has 21 heavy (non-hydrogen) atoms. The predicted octanol–water partition coefficient (Wildman–Crippen LogP) is 3.36. The largest absolute Gasteiger partial charge is 0.379 e. The van der Waals surface area contributed by atoms with Crippen LogP contribution < -0.4 is 5.32 Å². The Hall–Kier alpha value is -1.66. The summed E-state index contributed by atoms with van der Waals surface area (Å²) in [6.45, 7) is 6.76. The van der Waals surface area contributed by atoms with Crippen LogP contribution >= 0.6 is 0 Å². The molecule has 1 aromatic rings. The zero-order chi connectivity index (χ0) is 15.5. The fourth-order valence-electron chi connectivity index (χ4n) is 1.89. The van der Waals surface area contributed by atoms with Crippen molar-refractivity contribution in [2.24, 2.45) is 0 Å². The van der Waals surface area contributed by atoms with Crippen molar-refractivity contribution in [1.82, 2.24) is 0 Å². The van der Waals surface area contributed by atoms with Gasteiger partial charge in [0, 0.05) is 24.8 Å². The molecular weight excluding hydrogens is 272 g/mol. The predicted molar refractivity (Wildman–Crippen MR) is 82.6 cm³/mol. The summed E-state index contributed by atoms with van der Waals surface area (Å²) in [6.07, 6.45) is 2.16. The highest BCUT2D eigenvalue weighted by Gasteiger charge is 2.16. The molecule has 0 aliphatic heterocycles. The summed E-state index contributed by atoms with van der Waals surface area (Å²) in [7, 11) is 0. The number of benzene rings is 1. The molecule has 0 amide bonds. The molecule has 1 aromatic carbocycles. The van der Waals surface area contributed by atoms with Gasteiger partial charge in [0.2, 0.25) is 0 Å². The summed E-state index contributed by atoms with van der Waals surface area (Å²) in [5, 5.41) is 14.1. The van der Waals surface area contributed by atoms with E-state index in [0.29, 0.717) is 32.1 Å². The molecule has 0 aromatic heterocycles. The minimum absolute atomic E-state index is 0.0807. The minimum Gasteiger partial charge on any atom is -0.379 e. The molecule has 6 heteroatoms. The first-order valence-electron chi connectivity index (χ1n) is 7.36. The van der Waals surface area contributed by atoms with Crippen molar-refractivity contribution < 1.29 is 14.4 Å². The van der Waals surface area contributed by atoms with Crippen molar-refractivity contribution >= 4 is 11.4 Å². The van der Waals surface area contributed by atoms with E-state index in [1.165, 1.54) is 6.07 Å². The Morgan fingerprint density at radius 1 is 1.19 bits per heavy atom. The fraction of sp³-hybridized carbons (Fsp3) is 0.600. The van der Waals surface area contributed by atoms with Crippen molar-refractivity contribution in [3.05, 3.63) is 33.9 Å². The molecule has 0 unspecified atom stereocenters. The van der Waals surface area contributed by atoms with Gasteiger partial charge in [-0.2, -0.15) is 0 Å². The van der Waals surface area contributed by atoms with E-state index in [0.717, 1.165) is 25.0 Å². The van der Waals surface area contributed by atoms with Crippen LogP contribution in [0.4, 0.5) is 11.4 Å². The maximum Gasteiger partial charge on any atom is 0.292 e. The number of hydrogen-bond donors (Lipinski definition) is 1. The van der Waals surface area contributed by atoms with Gasteiger partial charge >= 0.3 is 0 Å². The van der Waals surface area contributed by atoms with E-state index < -0.39 is 0 Å². The van der Waals surface area contributed by atoms with Crippen molar-refractivity contribution in [3.63, 3.8) is 0 Å². The first-order chi connectivity index (χ1) is 10.2. The van der Waals surface area contributed by atoms with Crippen LogP contribution in [0.1, 0.15) is 32.3 Å². The Morgan fingerprint density at radius 3 is 2.62 bits per heavy atom. The molecule has 0 aliphatic carbocycles. The first-order valence-corrected chi connectivity index (χ1v) is 7.36. The molecule has 1 rings (SSSR count). The van der Waals surface area contributed by atoms with E-state index in [2.05, 4.69) is 12.2 Å². The molecule has 0 fully saturated rings. The summed E-state index contributed by atoms with van der Waals surface area (Å²) in [5.41, 5.74) is 1.41. The van der Waals surface area contributed by atoms with Gasteiger partial charge in [-0.05, 0) is 13.3 Å². The average Bonchev–Trinajstić information content (AvgIpc) is 2.47. The summed E-state index contributed by atoms with van der Waals surface area (Å²) < 4.78 is 10.9. The van der Waals surface area contributed by atoms with E-state index in [1.54, 1.807) is 6.07 Å². The van der Waals surface area contributed by atoms with Gasteiger partial charge in [0.05, 0.1) is 24.7 Å². The van der Waals surface area contributed by atoms with Crippen LogP contribution in [-0.2, 0) is 16.1 Å². The fourth-order valence-corrected chi connectivity index (χ4v) is 1.89. The van der Waals surface area contributed by atoms with Crippen LogP contribution in [0.15, 0.2) is 18.2 Å². The summed E-state index contributed by atoms with van der Waals surface area (Å²) in [4.78, 5) is 10.7. The second-order valence-corrected chi connectivity index (χ2v) is 4.62. The van der Waals surface area contributed by atoms with Gasteiger partial charge < -0.3 is 14.8 Å². The van der Waals surface area contributed by atoms with Gasteiger partial charge in [-0.25, -0.2) is 0 Å². The lowest BCUT2D eigenvalue weighted by molar-refractivity contribution is -0.384. The quantitative estimate of drug-likeness (QED) is 0.385. The Bertz CT molecular complexity index is 438. The van der Waals surface area contributed by atoms with E-state index in [1.807, 2.05) is 13.0 Å². The molecule has 0 spiro atoms. The van der Waals surface area contributed by atoms with Crippen LogP contribution in [0.3, 0.4) is 0 Å². The number of nitro benzene ring substituents is 1. The lowest BCUT2D eigenvalue weighted by atomic mass is 10.1. The molecule has 6 nitrogen and oxygen atoms in total. The van der Waals surface area contributed by atoms with Crippen LogP contribution in [0, 0.1) is 10.1 Å². The first kappa shape index (κ1) is 17.4. The third-order valence-corrected chi connectivity index (χ3v) is 2.95. The molecular formula is C15H24N2O4. The SMILES string of the molecule is CCCCOCCOCc1cccc([N+](=O)[O-])c1NCC. The third kappa shape index (κ3) is 6.10. The molecule has 0 saturated heterocycles. The Morgan fingerprint density at radius 2 is 1.95 bits per heavy atom. The van der Waals surface area contributed by atoms with Crippen molar-refractivity contribution in [2.45, 2.75) is 33.3 Å². The highest BCUT2D eigenvalue weighted by molar-refractivity contribution is 5.66. The van der Waals surface area contributed by atoms with Gasteiger partial charge in [-0.3, -0.25) is 10.1 Å².